The van der Waals surface area contributed by atoms with Crippen molar-refractivity contribution in [3.8, 4) is 78.4 Å². The van der Waals surface area contributed by atoms with Gasteiger partial charge in [0, 0.05) is 42.3 Å². The molecule has 0 unspecified atom stereocenters. The lowest BCUT2D eigenvalue weighted by molar-refractivity contribution is 0.661. The molecule has 1 aliphatic rings. The third-order valence-corrected chi connectivity index (χ3v) is 14.0. The second kappa shape index (κ2) is 14.3. The van der Waals surface area contributed by atoms with Gasteiger partial charge in [0.2, 0.25) is 0 Å². The molecule has 0 spiro atoms. The van der Waals surface area contributed by atoms with Gasteiger partial charge in [-0.1, -0.05) is 166 Å². The van der Waals surface area contributed by atoms with Gasteiger partial charge in [-0.05, 0) is 121 Å². The molecule has 62 heavy (non-hydrogen) atoms. The molecule has 12 rings (SSSR count). The van der Waals surface area contributed by atoms with Crippen molar-refractivity contribution in [2.24, 2.45) is 0 Å². The Balaban J connectivity index is 1.07. The molecule has 9 aromatic carbocycles. The molecule has 0 atom stereocenters. The molecule has 0 fully saturated rings. The smallest absolute Gasteiger partial charge is 0.160 e. The molecule has 0 saturated carbocycles. The van der Waals surface area contributed by atoms with Gasteiger partial charge in [0.05, 0.1) is 11.4 Å². The summed E-state index contributed by atoms with van der Waals surface area (Å²) in [7, 11) is 0. The fraction of sp³-hybridized carbons (Fsp3) is 0.0508. The average Bonchev–Trinajstić information content (AvgIpc) is 3.82. The molecule has 3 heteroatoms. The van der Waals surface area contributed by atoms with Gasteiger partial charge in [-0.25, -0.2) is 9.97 Å². The van der Waals surface area contributed by atoms with Crippen molar-refractivity contribution in [2.75, 3.05) is 0 Å². The lowest BCUT2D eigenvalue weighted by Crippen LogP contribution is -2.14. The van der Waals surface area contributed by atoms with Gasteiger partial charge in [0.15, 0.2) is 5.82 Å². The molecule has 2 aromatic heterocycles. The van der Waals surface area contributed by atoms with E-state index in [1.165, 1.54) is 64.3 Å². The third-order valence-electron chi connectivity index (χ3n) is 12.9. The molecule has 11 aromatic rings. The van der Waals surface area contributed by atoms with Crippen molar-refractivity contribution in [2.45, 2.75) is 19.3 Å². The van der Waals surface area contributed by atoms with Gasteiger partial charge < -0.3 is 0 Å². The fourth-order valence-corrected chi connectivity index (χ4v) is 10.8. The number of thiophene rings is 1. The van der Waals surface area contributed by atoms with Gasteiger partial charge in [-0.3, -0.25) is 0 Å². The summed E-state index contributed by atoms with van der Waals surface area (Å²) in [6.07, 6.45) is 0. The van der Waals surface area contributed by atoms with Crippen molar-refractivity contribution in [1.82, 2.24) is 9.97 Å². The Hall–Kier alpha value is -7.46. The molecule has 0 saturated heterocycles. The molecule has 292 valence electrons. The largest absolute Gasteiger partial charge is 0.228 e. The maximum atomic E-state index is 5.40. The first-order valence-electron chi connectivity index (χ1n) is 21.3. The highest BCUT2D eigenvalue weighted by molar-refractivity contribution is 7.25. The van der Waals surface area contributed by atoms with Crippen LogP contribution in [0, 0.1) is 0 Å². The van der Waals surface area contributed by atoms with E-state index in [4.69, 9.17) is 9.97 Å². The number of nitrogens with zero attached hydrogens (tertiary/aromatic N) is 2. The molecule has 1 aliphatic carbocycles. The summed E-state index contributed by atoms with van der Waals surface area (Å²) in [5, 5.41) is 5.11. The Bertz CT molecular complexity index is 3540. The van der Waals surface area contributed by atoms with E-state index in [0.29, 0.717) is 5.82 Å². The first kappa shape index (κ1) is 36.4. The van der Waals surface area contributed by atoms with E-state index in [2.05, 4.69) is 214 Å². The van der Waals surface area contributed by atoms with Gasteiger partial charge in [0.1, 0.15) is 0 Å². The first-order valence-corrected chi connectivity index (χ1v) is 22.1. The number of rotatable bonds is 6. The zero-order valence-electron chi connectivity index (χ0n) is 34.4. The van der Waals surface area contributed by atoms with E-state index in [1.807, 2.05) is 17.4 Å². The van der Waals surface area contributed by atoms with Crippen LogP contribution in [0.15, 0.2) is 206 Å². The Kier molecular flexibility index (Phi) is 8.41. The van der Waals surface area contributed by atoms with E-state index < -0.39 is 0 Å². The van der Waals surface area contributed by atoms with Crippen LogP contribution in [-0.2, 0) is 5.41 Å². The summed E-state index contributed by atoms with van der Waals surface area (Å²) in [5.41, 5.74) is 17.0. The van der Waals surface area contributed by atoms with Crippen LogP contribution in [0.3, 0.4) is 0 Å². The van der Waals surface area contributed by atoms with Crippen molar-refractivity contribution in [3.05, 3.63) is 217 Å². The summed E-state index contributed by atoms with van der Waals surface area (Å²) in [6.45, 7) is 4.73. The summed E-state index contributed by atoms with van der Waals surface area (Å²) < 4.78 is 2.60. The number of benzene rings is 9. The Labute approximate surface area is 365 Å². The monoisotopic (exact) mass is 808 g/mol. The minimum Gasteiger partial charge on any atom is -0.228 e. The number of aromatic nitrogens is 2. The number of fused-ring (bicyclic) bond motifs is 7. The molecule has 0 aliphatic heterocycles. The van der Waals surface area contributed by atoms with E-state index in [0.717, 1.165) is 50.3 Å². The summed E-state index contributed by atoms with van der Waals surface area (Å²) in [4.78, 5) is 10.8. The molecule has 2 heterocycles. The summed E-state index contributed by atoms with van der Waals surface area (Å²) in [5.74, 6) is 0.696. The van der Waals surface area contributed by atoms with Crippen LogP contribution in [0.1, 0.15) is 25.0 Å². The molecule has 0 N–H and O–H groups in total. The molecular weight excluding hydrogens is 769 g/mol. The zero-order chi connectivity index (χ0) is 41.4. The quantitative estimate of drug-likeness (QED) is 0.167. The fourth-order valence-electron chi connectivity index (χ4n) is 9.73. The Morgan fingerprint density at radius 3 is 1.77 bits per heavy atom. The first-order chi connectivity index (χ1) is 30.5. The van der Waals surface area contributed by atoms with E-state index in [-0.39, 0.29) is 5.41 Å². The minimum atomic E-state index is -0.148. The predicted octanol–water partition coefficient (Wildman–Crippen LogP) is 16.3. The number of hydrogen-bond donors (Lipinski definition) is 0. The normalized spacial score (nSPS) is 12.8. The van der Waals surface area contributed by atoms with Crippen molar-refractivity contribution >= 4 is 42.3 Å². The van der Waals surface area contributed by atoms with Gasteiger partial charge in [-0.15, -0.1) is 11.3 Å². The predicted molar refractivity (Wildman–Crippen MR) is 263 cm³/mol. The summed E-state index contributed by atoms with van der Waals surface area (Å²) in [6, 6.07) is 74.9. The SMILES string of the molecule is CC1(C)c2cc3ccccc3cc2-c2c(-c3ccccc3-c3cc(-c4cc(-c5ccccc5)cc(-c5ccc6sc7ccccc7c6c5)c4)nc(-c4ccccc4)n3)cccc21. The van der Waals surface area contributed by atoms with Crippen LogP contribution >= 0.6 is 11.3 Å². The Morgan fingerprint density at radius 1 is 0.355 bits per heavy atom. The maximum absolute atomic E-state index is 5.40. The highest BCUT2D eigenvalue weighted by atomic mass is 32.1. The zero-order valence-corrected chi connectivity index (χ0v) is 35.2. The standard InChI is InChI=1S/C59H40N2S/c1-59(2)51-26-15-25-48(57(51)50-34-39-20-9-10-21-40(39)35-52(50)59)45-22-11-12-23-46(45)54-36-53(60-58(61-54)38-18-7-4-8-19-38)44-31-42(37-16-5-3-6-17-37)30-43(32-44)41-28-29-56-49(33-41)47-24-13-14-27-55(47)62-56/h3-36H,1-2H3. The highest BCUT2D eigenvalue weighted by Gasteiger charge is 2.37. The second-order valence-corrected chi connectivity index (χ2v) is 18.0. The molecule has 2 nitrogen and oxygen atoms in total. The van der Waals surface area contributed by atoms with Crippen molar-refractivity contribution in [3.63, 3.8) is 0 Å². The van der Waals surface area contributed by atoms with E-state index in [1.54, 1.807) is 0 Å². The lowest BCUT2D eigenvalue weighted by Gasteiger charge is -2.22. The van der Waals surface area contributed by atoms with Crippen LogP contribution in [-0.4, -0.2) is 9.97 Å². The van der Waals surface area contributed by atoms with Crippen LogP contribution in [0.2, 0.25) is 0 Å². The van der Waals surface area contributed by atoms with Gasteiger partial charge in [0.25, 0.3) is 0 Å². The van der Waals surface area contributed by atoms with Crippen LogP contribution in [0.5, 0.6) is 0 Å². The minimum absolute atomic E-state index is 0.148. The molecule has 0 bridgehead atoms. The van der Waals surface area contributed by atoms with Crippen molar-refractivity contribution < 1.29 is 0 Å². The topological polar surface area (TPSA) is 25.8 Å². The van der Waals surface area contributed by atoms with E-state index in [9.17, 15) is 0 Å². The van der Waals surface area contributed by atoms with Crippen LogP contribution in [0.25, 0.3) is 109 Å². The van der Waals surface area contributed by atoms with Gasteiger partial charge in [-0.2, -0.15) is 0 Å². The second-order valence-electron chi connectivity index (χ2n) is 16.9. The molecule has 0 radical (unpaired) electrons. The van der Waals surface area contributed by atoms with E-state index >= 15 is 0 Å². The molecule has 0 amide bonds. The van der Waals surface area contributed by atoms with Crippen molar-refractivity contribution in [1.29, 1.82) is 0 Å². The number of hydrogen-bond acceptors (Lipinski definition) is 3. The molecular formula is C59H40N2S. The maximum Gasteiger partial charge on any atom is 0.160 e. The average molecular weight is 809 g/mol. The summed E-state index contributed by atoms with van der Waals surface area (Å²) >= 11 is 1.85. The Morgan fingerprint density at radius 2 is 0.968 bits per heavy atom. The van der Waals surface area contributed by atoms with Gasteiger partial charge >= 0.3 is 0 Å². The lowest BCUT2D eigenvalue weighted by atomic mass is 9.81. The van der Waals surface area contributed by atoms with Crippen LogP contribution in [0.4, 0.5) is 0 Å². The highest BCUT2D eigenvalue weighted by Crippen LogP contribution is 2.54. The van der Waals surface area contributed by atoms with Crippen LogP contribution < -0.4 is 0 Å². The third kappa shape index (κ3) is 6.00.